The molecule has 5 saturated carbocycles. The highest BCUT2D eigenvalue weighted by Gasteiger charge is 2.59. The average molecular weight is 192 g/mol. The van der Waals surface area contributed by atoms with E-state index in [1.807, 2.05) is 0 Å². The summed E-state index contributed by atoms with van der Waals surface area (Å²) >= 11 is 0. The summed E-state index contributed by atoms with van der Waals surface area (Å²) in [5.74, 6) is 6.90. The zero-order chi connectivity index (χ0) is 9.28. The molecule has 0 spiro atoms. The summed E-state index contributed by atoms with van der Waals surface area (Å²) < 4.78 is 0. The topological polar surface area (TPSA) is 20.2 Å². The van der Waals surface area contributed by atoms with Crippen molar-refractivity contribution < 1.29 is 5.11 Å². The molecule has 0 amide bonds. The Balaban J connectivity index is 1.75. The number of hydrogen-bond donors (Lipinski definition) is 1. The van der Waals surface area contributed by atoms with Crippen LogP contribution in [0.2, 0.25) is 0 Å². The third-order valence-corrected chi connectivity index (χ3v) is 6.03. The number of aliphatic hydroxyl groups excluding tert-OH is 1. The van der Waals surface area contributed by atoms with Gasteiger partial charge in [0, 0.05) is 6.61 Å². The molecular formula is C13H20O. The van der Waals surface area contributed by atoms with Gasteiger partial charge in [-0.25, -0.2) is 0 Å². The Labute approximate surface area is 85.9 Å². The molecule has 6 bridgehead atoms. The normalized spacial score (nSPS) is 63.6. The van der Waals surface area contributed by atoms with Gasteiger partial charge in [0.15, 0.2) is 0 Å². The molecule has 5 fully saturated rings. The summed E-state index contributed by atoms with van der Waals surface area (Å²) in [5, 5.41) is 9.47. The zero-order valence-corrected chi connectivity index (χ0v) is 8.73. The van der Waals surface area contributed by atoms with Crippen LogP contribution in [0.25, 0.3) is 0 Å². The zero-order valence-electron chi connectivity index (χ0n) is 8.73. The second-order valence-corrected chi connectivity index (χ2v) is 6.41. The Morgan fingerprint density at radius 2 is 1.71 bits per heavy atom. The predicted molar refractivity (Wildman–Crippen MR) is 54.6 cm³/mol. The molecule has 5 aliphatic rings. The molecule has 7 atom stereocenters. The highest BCUT2D eigenvalue weighted by molar-refractivity contribution is 5.08. The molecule has 0 aromatic carbocycles. The Morgan fingerprint density at radius 3 is 2.57 bits per heavy atom. The van der Waals surface area contributed by atoms with Crippen molar-refractivity contribution in [3.05, 3.63) is 0 Å². The Hall–Kier alpha value is -0.0400. The van der Waals surface area contributed by atoms with E-state index in [2.05, 4.69) is 0 Å². The molecule has 5 rings (SSSR count). The fourth-order valence-corrected chi connectivity index (χ4v) is 5.90. The van der Waals surface area contributed by atoms with Crippen molar-refractivity contribution in [2.24, 2.45) is 41.4 Å². The SMILES string of the molecule is OCC1CC2C3CC4CC(C3)C1C2C4. The van der Waals surface area contributed by atoms with Crippen LogP contribution in [0.4, 0.5) is 0 Å². The van der Waals surface area contributed by atoms with E-state index in [4.69, 9.17) is 0 Å². The lowest BCUT2D eigenvalue weighted by Gasteiger charge is -2.55. The van der Waals surface area contributed by atoms with Crippen molar-refractivity contribution in [2.45, 2.75) is 32.1 Å². The molecule has 0 heterocycles. The molecule has 0 aromatic heterocycles. The summed E-state index contributed by atoms with van der Waals surface area (Å²) in [5.41, 5.74) is 0. The van der Waals surface area contributed by atoms with E-state index in [0.29, 0.717) is 12.5 Å². The van der Waals surface area contributed by atoms with Gasteiger partial charge in [-0.05, 0) is 73.5 Å². The molecule has 1 heteroatoms. The quantitative estimate of drug-likeness (QED) is 0.676. The third-order valence-electron chi connectivity index (χ3n) is 6.03. The standard InChI is InChI=1S/C13H20O/c14-6-10-5-11-8-1-7-2-9(4-8)13(10)12(11)3-7/h7-14H,1-6H2. The fourth-order valence-electron chi connectivity index (χ4n) is 5.90. The van der Waals surface area contributed by atoms with E-state index in [9.17, 15) is 5.11 Å². The van der Waals surface area contributed by atoms with Crippen LogP contribution in [-0.2, 0) is 0 Å². The molecular weight excluding hydrogens is 172 g/mol. The van der Waals surface area contributed by atoms with Crippen molar-refractivity contribution in [1.29, 1.82) is 0 Å². The van der Waals surface area contributed by atoms with Crippen LogP contribution in [0.3, 0.4) is 0 Å². The lowest BCUT2D eigenvalue weighted by atomic mass is 9.50. The molecule has 1 nitrogen and oxygen atoms in total. The maximum atomic E-state index is 9.47. The van der Waals surface area contributed by atoms with Gasteiger partial charge >= 0.3 is 0 Å². The molecule has 0 saturated heterocycles. The van der Waals surface area contributed by atoms with Gasteiger partial charge in [0.2, 0.25) is 0 Å². The number of hydrogen-bond acceptors (Lipinski definition) is 1. The van der Waals surface area contributed by atoms with Crippen molar-refractivity contribution in [1.82, 2.24) is 0 Å². The van der Waals surface area contributed by atoms with Gasteiger partial charge in [0.05, 0.1) is 0 Å². The lowest BCUT2D eigenvalue weighted by molar-refractivity contribution is -0.0567. The first-order valence-electron chi connectivity index (χ1n) is 6.47. The Bertz CT molecular complexity index is 262. The van der Waals surface area contributed by atoms with Crippen LogP contribution < -0.4 is 0 Å². The second-order valence-electron chi connectivity index (χ2n) is 6.41. The van der Waals surface area contributed by atoms with E-state index < -0.39 is 0 Å². The minimum atomic E-state index is 0.478. The van der Waals surface area contributed by atoms with Crippen molar-refractivity contribution in [2.75, 3.05) is 6.61 Å². The average Bonchev–Trinajstić information content (AvgIpc) is 2.51. The van der Waals surface area contributed by atoms with Crippen LogP contribution in [0.15, 0.2) is 0 Å². The Morgan fingerprint density at radius 1 is 0.857 bits per heavy atom. The predicted octanol–water partition coefficient (Wildman–Crippen LogP) is 2.30. The third kappa shape index (κ3) is 0.816. The fraction of sp³-hybridized carbons (Fsp3) is 1.00. The summed E-state index contributed by atoms with van der Waals surface area (Å²) in [6.07, 6.45) is 7.49. The summed E-state index contributed by atoms with van der Waals surface area (Å²) in [4.78, 5) is 0. The molecule has 0 aromatic rings. The number of aliphatic hydroxyl groups is 1. The lowest BCUT2D eigenvalue weighted by Crippen LogP contribution is -2.47. The monoisotopic (exact) mass is 192 g/mol. The van der Waals surface area contributed by atoms with Crippen LogP contribution in [-0.4, -0.2) is 11.7 Å². The van der Waals surface area contributed by atoms with Crippen LogP contribution in [0.5, 0.6) is 0 Å². The van der Waals surface area contributed by atoms with Crippen molar-refractivity contribution >= 4 is 0 Å². The smallest absolute Gasteiger partial charge is 0.0462 e. The minimum absolute atomic E-state index is 0.478. The highest BCUT2D eigenvalue weighted by Crippen LogP contribution is 2.66. The van der Waals surface area contributed by atoms with E-state index >= 15 is 0 Å². The van der Waals surface area contributed by atoms with Crippen molar-refractivity contribution in [3.63, 3.8) is 0 Å². The second kappa shape index (κ2) is 2.55. The van der Waals surface area contributed by atoms with Crippen LogP contribution in [0.1, 0.15) is 32.1 Å². The van der Waals surface area contributed by atoms with Gasteiger partial charge in [-0.15, -0.1) is 0 Å². The highest BCUT2D eigenvalue weighted by atomic mass is 16.3. The van der Waals surface area contributed by atoms with E-state index in [0.717, 1.165) is 35.5 Å². The van der Waals surface area contributed by atoms with Gasteiger partial charge in [0.1, 0.15) is 0 Å². The van der Waals surface area contributed by atoms with Crippen molar-refractivity contribution in [3.8, 4) is 0 Å². The van der Waals surface area contributed by atoms with Gasteiger partial charge < -0.3 is 5.11 Å². The largest absolute Gasteiger partial charge is 0.396 e. The summed E-state index contributed by atoms with van der Waals surface area (Å²) in [6.45, 7) is 0.478. The maximum absolute atomic E-state index is 9.47. The van der Waals surface area contributed by atoms with Gasteiger partial charge in [0.25, 0.3) is 0 Å². The molecule has 14 heavy (non-hydrogen) atoms. The summed E-state index contributed by atoms with van der Waals surface area (Å²) in [7, 11) is 0. The molecule has 7 unspecified atom stereocenters. The molecule has 0 aliphatic heterocycles. The van der Waals surface area contributed by atoms with Crippen LogP contribution in [0, 0.1) is 41.4 Å². The first-order valence-corrected chi connectivity index (χ1v) is 6.47. The first-order chi connectivity index (χ1) is 6.86. The van der Waals surface area contributed by atoms with Gasteiger partial charge in [-0.2, -0.15) is 0 Å². The van der Waals surface area contributed by atoms with Gasteiger partial charge in [-0.1, -0.05) is 0 Å². The molecule has 1 N–H and O–H groups in total. The summed E-state index contributed by atoms with van der Waals surface area (Å²) in [6, 6.07) is 0. The van der Waals surface area contributed by atoms with Crippen LogP contribution >= 0.6 is 0 Å². The van der Waals surface area contributed by atoms with Gasteiger partial charge in [-0.3, -0.25) is 0 Å². The first kappa shape index (κ1) is 8.15. The van der Waals surface area contributed by atoms with E-state index in [-0.39, 0.29) is 0 Å². The number of rotatable bonds is 1. The van der Waals surface area contributed by atoms with E-state index in [1.165, 1.54) is 25.7 Å². The molecule has 0 radical (unpaired) electrons. The minimum Gasteiger partial charge on any atom is -0.396 e. The molecule has 78 valence electrons. The van der Waals surface area contributed by atoms with E-state index in [1.54, 1.807) is 6.42 Å². The Kier molecular flexibility index (Phi) is 1.49. The maximum Gasteiger partial charge on any atom is 0.0462 e. The molecule has 5 aliphatic carbocycles.